The van der Waals surface area contributed by atoms with E-state index in [-0.39, 0.29) is 5.91 Å². The highest BCUT2D eigenvalue weighted by atomic mass is 16.1. The Kier molecular flexibility index (Phi) is 3.73. The van der Waals surface area contributed by atoms with Crippen molar-refractivity contribution < 1.29 is 4.79 Å². The highest BCUT2D eigenvalue weighted by molar-refractivity contribution is 6.07. The molecule has 1 amide bonds. The molecule has 0 fully saturated rings. The number of aromatic nitrogens is 1. The van der Waals surface area contributed by atoms with Crippen molar-refractivity contribution in [1.29, 1.82) is 5.26 Å². The first-order chi connectivity index (χ1) is 11.2. The Morgan fingerprint density at radius 2 is 2.00 bits per heavy atom. The van der Waals surface area contributed by atoms with Gasteiger partial charge in [-0.05, 0) is 37.3 Å². The van der Waals surface area contributed by atoms with E-state index in [1.54, 1.807) is 30.3 Å². The number of nitrogen functional groups attached to an aromatic ring is 1. The lowest BCUT2D eigenvalue weighted by Gasteiger charge is -2.10. The van der Waals surface area contributed by atoms with E-state index in [0.717, 1.165) is 10.9 Å². The summed E-state index contributed by atoms with van der Waals surface area (Å²) in [4.78, 5) is 12.4. The largest absolute Gasteiger partial charge is 0.399 e. The molecule has 0 atom stereocenters. The van der Waals surface area contributed by atoms with E-state index in [2.05, 4.69) is 11.4 Å². The van der Waals surface area contributed by atoms with Crippen molar-refractivity contribution in [2.75, 3.05) is 11.1 Å². The minimum absolute atomic E-state index is 0.243. The van der Waals surface area contributed by atoms with Gasteiger partial charge in [0, 0.05) is 23.2 Å². The van der Waals surface area contributed by atoms with E-state index in [1.165, 1.54) is 0 Å². The second-order valence-electron chi connectivity index (χ2n) is 5.18. The zero-order valence-corrected chi connectivity index (χ0v) is 12.7. The molecule has 0 saturated carbocycles. The minimum atomic E-state index is -0.243. The van der Waals surface area contributed by atoms with Crippen LogP contribution in [0.1, 0.15) is 22.8 Å². The first kappa shape index (κ1) is 14.7. The number of fused-ring (bicyclic) bond motifs is 1. The van der Waals surface area contributed by atoms with Gasteiger partial charge in [-0.3, -0.25) is 4.79 Å². The van der Waals surface area contributed by atoms with Crippen LogP contribution in [0.15, 0.2) is 48.5 Å². The highest BCUT2D eigenvalue weighted by Crippen LogP contribution is 2.31. The summed E-state index contributed by atoms with van der Waals surface area (Å²) in [6.07, 6.45) is 0. The fourth-order valence-corrected chi connectivity index (χ4v) is 2.71. The SMILES string of the molecule is CCn1c(NC(=O)c2ccccc2)c(C#N)c2ccc(N)cc21. The van der Waals surface area contributed by atoms with Gasteiger partial charge in [0.2, 0.25) is 0 Å². The fraction of sp³-hybridized carbons (Fsp3) is 0.111. The van der Waals surface area contributed by atoms with Crippen LogP contribution < -0.4 is 11.1 Å². The maximum Gasteiger partial charge on any atom is 0.256 e. The summed E-state index contributed by atoms with van der Waals surface area (Å²) >= 11 is 0. The Hall–Kier alpha value is -3.26. The molecule has 0 aliphatic heterocycles. The number of carbonyl (C=O) groups excluding carboxylic acids is 1. The van der Waals surface area contributed by atoms with Crippen LogP contribution in [0.2, 0.25) is 0 Å². The van der Waals surface area contributed by atoms with E-state index in [0.29, 0.717) is 29.2 Å². The maximum absolute atomic E-state index is 12.4. The molecule has 0 aliphatic carbocycles. The predicted molar refractivity (Wildman–Crippen MR) is 91.1 cm³/mol. The van der Waals surface area contributed by atoms with Crippen molar-refractivity contribution in [1.82, 2.24) is 4.57 Å². The molecular weight excluding hydrogens is 288 g/mol. The predicted octanol–water partition coefficient (Wildman–Crippen LogP) is 3.37. The lowest BCUT2D eigenvalue weighted by molar-refractivity contribution is 0.102. The summed E-state index contributed by atoms with van der Waals surface area (Å²) < 4.78 is 1.89. The van der Waals surface area contributed by atoms with Crippen molar-refractivity contribution in [3.63, 3.8) is 0 Å². The number of aryl methyl sites for hydroxylation is 1. The molecule has 3 N–H and O–H groups in total. The number of nitrogens with zero attached hydrogens (tertiary/aromatic N) is 2. The number of amides is 1. The topological polar surface area (TPSA) is 83.8 Å². The molecule has 0 saturated heterocycles. The number of rotatable bonds is 3. The van der Waals surface area contributed by atoms with Crippen LogP contribution in [-0.4, -0.2) is 10.5 Å². The third kappa shape index (κ3) is 2.51. The van der Waals surface area contributed by atoms with Crippen LogP contribution in [0, 0.1) is 11.3 Å². The number of nitrogens with two attached hydrogens (primary N) is 1. The van der Waals surface area contributed by atoms with Crippen LogP contribution in [0.3, 0.4) is 0 Å². The quantitative estimate of drug-likeness (QED) is 0.728. The molecule has 5 nitrogen and oxygen atoms in total. The zero-order chi connectivity index (χ0) is 16.4. The Labute approximate surface area is 133 Å². The number of nitriles is 1. The molecule has 0 radical (unpaired) electrons. The van der Waals surface area contributed by atoms with Gasteiger partial charge in [-0.25, -0.2) is 0 Å². The van der Waals surface area contributed by atoms with Crippen molar-refractivity contribution in [2.24, 2.45) is 0 Å². The fourth-order valence-electron chi connectivity index (χ4n) is 2.71. The normalized spacial score (nSPS) is 10.4. The molecule has 0 unspecified atom stereocenters. The Morgan fingerprint density at radius 1 is 1.26 bits per heavy atom. The van der Waals surface area contributed by atoms with Crippen LogP contribution in [0.5, 0.6) is 0 Å². The number of hydrogen-bond donors (Lipinski definition) is 2. The molecule has 1 aromatic heterocycles. The van der Waals surface area contributed by atoms with Gasteiger partial charge in [0.1, 0.15) is 17.5 Å². The van der Waals surface area contributed by atoms with Crippen LogP contribution in [0.4, 0.5) is 11.5 Å². The first-order valence-electron chi connectivity index (χ1n) is 7.34. The summed E-state index contributed by atoms with van der Waals surface area (Å²) in [5.74, 6) is 0.261. The molecule has 114 valence electrons. The lowest BCUT2D eigenvalue weighted by atomic mass is 10.1. The summed E-state index contributed by atoms with van der Waals surface area (Å²) in [7, 11) is 0. The molecule has 5 heteroatoms. The van der Waals surface area contributed by atoms with E-state index >= 15 is 0 Å². The molecule has 3 rings (SSSR count). The number of benzene rings is 2. The number of carbonyl (C=O) groups is 1. The second kappa shape index (κ2) is 5.85. The van der Waals surface area contributed by atoms with Gasteiger partial charge in [0.25, 0.3) is 5.91 Å². The van der Waals surface area contributed by atoms with E-state index in [9.17, 15) is 10.1 Å². The molecule has 0 aliphatic rings. The van der Waals surface area contributed by atoms with Crippen molar-refractivity contribution in [2.45, 2.75) is 13.5 Å². The van der Waals surface area contributed by atoms with Crippen molar-refractivity contribution in [3.05, 3.63) is 59.7 Å². The third-order valence-electron chi connectivity index (χ3n) is 3.78. The van der Waals surface area contributed by atoms with Gasteiger partial charge in [-0.2, -0.15) is 5.26 Å². The van der Waals surface area contributed by atoms with Gasteiger partial charge in [0.15, 0.2) is 0 Å². The molecule has 23 heavy (non-hydrogen) atoms. The second-order valence-corrected chi connectivity index (χ2v) is 5.18. The number of nitrogens with one attached hydrogen (secondary N) is 1. The number of hydrogen-bond acceptors (Lipinski definition) is 3. The van der Waals surface area contributed by atoms with E-state index < -0.39 is 0 Å². The van der Waals surface area contributed by atoms with Crippen LogP contribution >= 0.6 is 0 Å². The van der Waals surface area contributed by atoms with Gasteiger partial charge in [-0.15, -0.1) is 0 Å². The summed E-state index contributed by atoms with van der Waals surface area (Å²) in [5.41, 5.74) is 8.31. The average molecular weight is 304 g/mol. The standard InChI is InChI=1S/C18H16N4O/c1-2-22-16-10-13(20)8-9-14(16)15(11-19)17(22)21-18(23)12-6-4-3-5-7-12/h3-10H,2,20H2,1H3,(H,21,23). The lowest BCUT2D eigenvalue weighted by Crippen LogP contribution is -2.15. The maximum atomic E-state index is 12.4. The monoisotopic (exact) mass is 304 g/mol. The average Bonchev–Trinajstić information content (AvgIpc) is 2.87. The minimum Gasteiger partial charge on any atom is -0.399 e. The number of anilines is 2. The third-order valence-corrected chi connectivity index (χ3v) is 3.78. The van der Waals surface area contributed by atoms with Crippen molar-refractivity contribution in [3.8, 4) is 6.07 Å². The summed E-state index contributed by atoms with van der Waals surface area (Å²) in [6, 6.07) is 16.5. The van der Waals surface area contributed by atoms with E-state index in [1.807, 2.05) is 29.7 Å². The molecule has 2 aromatic carbocycles. The Morgan fingerprint density at radius 3 is 2.65 bits per heavy atom. The molecule has 0 bridgehead atoms. The van der Waals surface area contributed by atoms with E-state index in [4.69, 9.17) is 5.73 Å². The van der Waals surface area contributed by atoms with Gasteiger partial charge < -0.3 is 15.6 Å². The van der Waals surface area contributed by atoms with Crippen LogP contribution in [-0.2, 0) is 6.54 Å². The van der Waals surface area contributed by atoms with Gasteiger partial charge in [-0.1, -0.05) is 18.2 Å². The zero-order valence-electron chi connectivity index (χ0n) is 12.7. The Bertz CT molecular complexity index is 920. The smallest absolute Gasteiger partial charge is 0.256 e. The highest BCUT2D eigenvalue weighted by Gasteiger charge is 2.19. The first-order valence-corrected chi connectivity index (χ1v) is 7.34. The molecular formula is C18H16N4O. The molecule has 3 aromatic rings. The summed E-state index contributed by atoms with van der Waals surface area (Å²) in [5, 5.41) is 13.2. The molecule has 0 spiro atoms. The van der Waals surface area contributed by atoms with Gasteiger partial charge >= 0.3 is 0 Å². The van der Waals surface area contributed by atoms with Gasteiger partial charge in [0.05, 0.1) is 5.52 Å². The molecule has 1 heterocycles. The Balaban J connectivity index is 2.13. The van der Waals surface area contributed by atoms with Crippen LogP contribution in [0.25, 0.3) is 10.9 Å². The summed E-state index contributed by atoms with van der Waals surface area (Å²) in [6.45, 7) is 2.58. The van der Waals surface area contributed by atoms with Crippen molar-refractivity contribution >= 4 is 28.3 Å².